The highest BCUT2D eigenvalue weighted by Gasteiger charge is 2.23. The zero-order valence-electron chi connectivity index (χ0n) is 16.0. The van der Waals surface area contributed by atoms with E-state index in [9.17, 15) is 14.4 Å². The molecule has 0 aliphatic carbocycles. The summed E-state index contributed by atoms with van der Waals surface area (Å²) in [6, 6.07) is 15.7. The van der Waals surface area contributed by atoms with Gasteiger partial charge in [-0.05, 0) is 24.6 Å². The summed E-state index contributed by atoms with van der Waals surface area (Å²) in [6.45, 7) is 1.38. The summed E-state index contributed by atoms with van der Waals surface area (Å²) in [4.78, 5) is 37.0. The van der Waals surface area contributed by atoms with Crippen molar-refractivity contribution in [1.82, 2.24) is 0 Å². The average Bonchev–Trinajstić information content (AvgIpc) is 3.16. The van der Waals surface area contributed by atoms with Gasteiger partial charge >= 0.3 is 11.9 Å². The maximum atomic E-state index is 12.5. The first-order chi connectivity index (χ1) is 14.5. The lowest BCUT2D eigenvalue weighted by Crippen LogP contribution is -2.22. The standard InChI is InChI=1S/C22H18ClNO5S/c1-2-28-22(27)19-16(14-8-4-3-5-9-14)13-30-20(19)24-18(25)12-29-21(26)15-10-6-7-11-17(15)23/h3-11,13H,2,12H2,1H3,(H,24,25). The maximum absolute atomic E-state index is 12.5. The Hall–Kier alpha value is -3.16. The van der Waals surface area contributed by atoms with Crippen LogP contribution in [0.15, 0.2) is 60.0 Å². The fourth-order valence-corrected chi connectivity index (χ4v) is 3.87. The lowest BCUT2D eigenvalue weighted by atomic mass is 10.0. The summed E-state index contributed by atoms with van der Waals surface area (Å²) in [6.07, 6.45) is 0. The number of hydrogen-bond acceptors (Lipinski definition) is 6. The number of benzene rings is 2. The molecule has 6 nitrogen and oxygen atoms in total. The van der Waals surface area contributed by atoms with E-state index in [-0.39, 0.29) is 22.8 Å². The van der Waals surface area contributed by atoms with Crippen LogP contribution in [0.2, 0.25) is 5.02 Å². The van der Waals surface area contributed by atoms with Crippen LogP contribution in [0, 0.1) is 0 Å². The molecule has 0 fully saturated rings. The Labute approximate surface area is 182 Å². The number of ether oxygens (including phenoxy) is 2. The number of carbonyl (C=O) groups excluding carboxylic acids is 3. The van der Waals surface area contributed by atoms with E-state index in [1.807, 2.05) is 30.3 Å². The van der Waals surface area contributed by atoms with E-state index < -0.39 is 24.5 Å². The Balaban J connectivity index is 1.75. The van der Waals surface area contributed by atoms with Crippen LogP contribution in [0.1, 0.15) is 27.6 Å². The van der Waals surface area contributed by atoms with Gasteiger partial charge in [-0.2, -0.15) is 0 Å². The number of esters is 2. The summed E-state index contributed by atoms with van der Waals surface area (Å²) in [5.41, 5.74) is 1.91. The van der Waals surface area contributed by atoms with Gasteiger partial charge in [-0.3, -0.25) is 4.79 Å². The van der Waals surface area contributed by atoms with E-state index >= 15 is 0 Å². The molecule has 0 aliphatic rings. The summed E-state index contributed by atoms with van der Waals surface area (Å²) in [5.74, 6) is -1.83. The molecule has 0 saturated carbocycles. The van der Waals surface area contributed by atoms with E-state index in [1.165, 1.54) is 17.4 Å². The first-order valence-corrected chi connectivity index (χ1v) is 10.3. The van der Waals surface area contributed by atoms with Crippen LogP contribution < -0.4 is 5.32 Å². The van der Waals surface area contributed by atoms with E-state index in [0.29, 0.717) is 10.6 Å². The Morgan fingerprint density at radius 1 is 0.967 bits per heavy atom. The molecule has 0 saturated heterocycles. The molecule has 8 heteroatoms. The second-order valence-corrected chi connectivity index (χ2v) is 7.33. The van der Waals surface area contributed by atoms with Gasteiger partial charge in [-0.1, -0.05) is 54.1 Å². The zero-order chi connectivity index (χ0) is 21.5. The van der Waals surface area contributed by atoms with Crippen LogP contribution in [0.4, 0.5) is 5.00 Å². The van der Waals surface area contributed by atoms with E-state index in [0.717, 1.165) is 5.56 Å². The SMILES string of the molecule is CCOC(=O)c1c(-c2ccccc2)csc1NC(=O)COC(=O)c1ccccc1Cl. The van der Waals surface area contributed by atoms with E-state index in [2.05, 4.69) is 5.32 Å². The molecule has 0 bridgehead atoms. The van der Waals surface area contributed by atoms with Crippen LogP contribution in [-0.4, -0.2) is 31.1 Å². The van der Waals surface area contributed by atoms with Gasteiger partial charge in [0.1, 0.15) is 10.6 Å². The number of rotatable bonds is 7. The molecule has 0 unspecified atom stereocenters. The lowest BCUT2D eigenvalue weighted by Gasteiger charge is -2.09. The first-order valence-electron chi connectivity index (χ1n) is 9.06. The van der Waals surface area contributed by atoms with Crippen molar-refractivity contribution in [3.63, 3.8) is 0 Å². The summed E-state index contributed by atoms with van der Waals surface area (Å²) in [5, 5.41) is 4.96. The van der Waals surface area contributed by atoms with Crippen LogP contribution in [-0.2, 0) is 14.3 Å². The predicted molar refractivity (Wildman–Crippen MR) is 116 cm³/mol. The van der Waals surface area contributed by atoms with Gasteiger partial charge < -0.3 is 14.8 Å². The molecule has 1 aromatic heterocycles. The highest BCUT2D eigenvalue weighted by atomic mass is 35.5. The molecule has 1 amide bonds. The fraction of sp³-hybridized carbons (Fsp3) is 0.136. The van der Waals surface area contributed by atoms with Gasteiger partial charge in [0.25, 0.3) is 5.91 Å². The Bertz CT molecular complexity index is 1060. The zero-order valence-corrected chi connectivity index (χ0v) is 17.6. The van der Waals surface area contributed by atoms with Crippen molar-refractivity contribution in [3.05, 3.63) is 76.1 Å². The number of anilines is 1. The molecular formula is C22H18ClNO5S. The highest BCUT2D eigenvalue weighted by Crippen LogP contribution is 2.36. The highest BCUT2D eigenvalue weighted by molar-refractivity contribution is 7.15. The number of amides is 1. The molecule has 154 valence electrons. The molecular weight excluding hydrogens is 426 g/mol. The third-order valence-corrected chi connectivity index (χ3v) is 5.26. The van der Waals surface area contributed by atoms with Gasteiger partial charge in [0, 0.05) is 10.9 Å². The van der Waals surface area contributed by atoms with Crippen molar-refractivity contribution in [3.8, 4) is 11.1 Å². The maximum Gasteiger partial charge on any atom is 0.341 e. The van der Waals surface area contributed by atoms with E-state index in [1.54, 1.807) is 30.5 Å². The molecule has 2 aromatic carbocycles. The number of halogens is 1. The smallest absolute Gasteiger partial charge is 0.341 e. The molecule has 3 rings (SSSR count). The third kappa shape index (κ3) is 5.06. The Morgan fingerprint density at radius 2 is 1.67 bits per heavy atom. The first kappa shape index (κ1) is 21.5. The molecule has 1 heterocycles. The minimum absolute atomic E-state index is 0.168. The van der Waals surface area contributed by atoms with Crippen molar-refractivity contribution in [1.29, 1.82) is 0 Å². The summed E-state index contributed by atoms with van der Waals surface area (Å²) in [7, 11) is 0. The molecule has 0 aliphatic heterocycles. The second-order valence-electron chi connectivity index (χ2n) is 6.04. The van der Waals surface area contributed by atoms with Crippen molar-refractivity contribution in [2.45, 2.75) is 6.92 Å². The van der Waals surface area contributed by atoms with Gasteiger partial charge in [0.05, 0.1) is 17.2 Å². The number of hydrogen-bond donors (Lipinski definition) is 1. The lowest BCUT2D eigenvalue weighted by molar-refractivity contribution is -0.119. The van der Waals surface area contributed by atoms with Gasteiger partial charge in [0.15, 0.2) is 6.61 Å². The minimum atomic E-state index is -0.711. The Morgan fingerprint density at radius 3 is 2.37 bits per heavy atom. The Kier molecular flexibility index (Phi) is 7.21. The average molecular weight is 444 g/mol. The molecule has 0 radical (unpaired) electrons. The van der Waals surface area contributed by atoms with Crippen LogP contribution in [0.5, 0.6) is 0 Å². The van der Waals surface area contributed by atoms with E-state index in [4.69, 9.17) is 21.1 Å². The largest absolute Gasteiger partial charge is 0.462 e. The van der Waals surface area contributed by atoms with Crippen molar-refractivity contribution >= 4 is 45.8 Å². The molecule has 0 spiro atoms. The van der Waals surface area contributed by atoms with Crippen LogP contribution in [0.3, 0.4) is 0 Å². The number of carbonyl (C=O) groups is 3. The predicted octanol–water partition coefficient (Wildman–Crippen LogP) is 5.04. The molecule has 3 aromatic rings. The van der Waals surface area contributed by atoms with Gasteiger partial charge in [-0.25, -0.2) is 9.59 Å². The van der Waals surface area contributed by atoms with Crippen molar-refractivity contribution < 1.29 is 23.9 Å². The third-order valence-electron chi connectivity index (χ3n) is 4.04. The quantitative estimate of drug-likeness (QED) is 0.517. The number of nitrogens with one attached hydrogen (secondary N) is 1. The van der Waals surface area contributed by atoms with Gasteiger partial charge in [0.2, 0.25) is 0 Å². The molecule has 0 atom stereocenters. The minimum Gasteiger partial charge on any atom is -0.462 e. The second kappa shape index (κ2) is 10.0. The fourth-order valence-electron chi connectivity index (χ4n) is 2.68. The summed E-state index contributed by atoms with van der Waals surface area (Å²) >= 11 is 7.15. The van der Waals surface area contributed by atoms with Crippen LogP contribution in [0.25, 0.3) is 11.1 Å². The summed E-state index contributed by atoms with van der Waals surface area (Å²) < 4.78 is 10.2. The number of thiophene rings is 1. The van der Waals surface area contributed by atoms with Crippen molar-refractivity contribution in [2.24, 2.45) is 0 Å². The normalized spacial score (nSPS) is 10.3. The monoisotopic (exact) mass is 443 g/mol. The molecule has 30 heavy (non-hydrogen) atoms. The van der Waals surface area contributed by atoms with Crippen LogP contribution >= 0.6 is 22.9 Å². The van der Waals surface area contributed by atoms with Crippen molar-refractivity contribution in [2.75, 3.05) is 18.5 Å². The molecule has 1 N–H and O–H groups in total. The topological polar surface area (TPSA) is 81.7 Å². The van der Waals surface area contributed by atoms with Gasteiger partial charge in [-0.15, -0.1) is 11.3 Å².